The molecule has 0 fully saturated rings. The molecule has 0 amide bonds. The van der Waals surface area contributed by atoms with Gasteiger partial charge < -0.3 is 0 Å². The van der Waals surface area contributed by atoms with Gasteiger partial charge in [0.15, 0.2) is 0 Å². The van der Waals surface area contributed by atoms with Gasteiger partial charge in [0.05, 0.1) is 0 Å². The minimum absolute atomic E-state index is 0. The molecule has 0 saturated carbocycles. The maximum Gasteiger partial charge on any atom is 1.00 e. The smallest absolute Gasteiger partial charge is 0.0622 e. The third-order valence-corrected chi connectivity index (χ3v) is 16.5. The van der Waals surface area contributed by atoms with Crippen LogP contribution in [-0.2, 0) is 62.2 Å². The van der Waals surface area contributed by atoms with Gasteiger partial charge in [0.2, 0.25) is 0 Å². The summed E-state index contributed by atoms with van der Waals surface area (Å²) in [6.07, 6.45) is 5.67. The maximum absolute atomic E-state index is 7.50. The van der Waals surface area contributed by atoms with Crippen LogP contribution in [0.3, 0.4) is 0 Å². The molecule has 0 atom stereocenters. The fourth-order valence-electron chi connectivity index (χ4n) is 6.83. The Kier molecular flexibility index (Phi) is 41.5. The van der Waals surface area contributed by atoms with Crippen LogP contribution in [0.5, 0.6) is 0 Å². The first-order chi connectivity index (χ1) is 35.8. The Labute approximate surface area is 467 Å². The van der Waals surface area contributed by atoms with Crippen molar-refractivity contribution in [2.24, 2.45) is 0 Å². The minimum Gasteiger partial charge on any atom is -0.0622 e. The van der Waals surface area contributed by atoms with Crippen molar-refractivity contribution in [3.8, 4) is 0 Å². The first kappa shape index (κ1) is 67.7. The normalized spacial score (nSPS) is 8.81. The molecule has 0 aliphatic heterocycles. The molecule has 367 valence electrons. The van der Waals surface area contributed by atoms with E-state index in [1.165, 1.54) is 44.2 Å². The van der Waals surface area contributed by atoms with Crippen molar-refractivity contribution in [2.45, 2.75) is 0 Å². The summed E-state index contributed by atoms with van der Waals surface area (Å²) in [5.41, 5.74) is 7.71. The van der Waals surface area contributed by atoms with Gasteiger partial charge in [0.25, 0.3) is 0 Å². The third kappa shape index (κ3) is 25.6. The van der Waals surface area contributed by atoms with E-state index in [2.05, 4.69) is 251 Å². The Hall–Kier alpha value is -6.26. The van der Waals surface area contributed by atoms with Crippen LogP contribution in [0, 0.1) is 39.3 Å². The molecule has 0 aliphatic carbocycles. The van der Waals surface area contributed by atoms with E-state index in [4.69, 9.17) is 23.3 Å². The van der Waals surface area contributed by atoms with Gasteiger partial charge >= 0.3 is 76.0 Å². The molecule has 0 aromatic heterocycles. The fraction of sp³-hybridized carbons (Fsp3) is 0.0312. The van der Waals surface area contributed by atoms with Gasteiger partial charge in [0, 0.05) is 19.5 Å². The predicted molar refractivity (Wildman–Crippen MR) is 296 cm³/mol. The van der Waals surface area contributed by atoms with E-state index in [0.29, 0.717) is 0 Å². The second kappa shape index (κ2) is 45.4. The molecule has 9 aromatic rings. The largest absolute Gasteiger partial charge is 1.00 e. The van der Waals surface area contributed by atoms with Crippen molar-refractivity contribution in [3.63, 3.8) is 0 Å². The quantitative estimate of drug-likeness (QED) is 0.0383. The van der Waals surface area contributed by atoms with E-state index in [1.54, 1.807) is 0 Å². The van der Waals surface area contributed by atoms with E-state index < -0.39 is 0 Å². The van der Waals surface area contributed by atoms with Crippen molar-refractivity contribution in [1.29, 1.82) is 0 Å². The monoisotopic (exact) mass is 1200 g/mol. The maximum atomic E-state index is 7.50. The van der Waals surface area contributed by atoms with E-state index in [1.807, 2.05) is 66.7 Å². The Morgan fingerprint density at radius 1 is 0.338 bits per heavy atom. The zero-order valence-corrected chi connectivity index (χ0v) is 46.3. The molecule has 9 rings (SSSR count). The van der Waals surface area contributed by atoms with E-state index in [-0.39, 0.29) is 54.8 Å². The Bertz CT molecular complexity index is 2650. The molecule has 1 radical (unpaired) electrons. The van der Waals surface area contributed by atoms with Crippen LogP contribution in [0.4, 0.5) is 0 Å². The molecular weight excluding hydrogens is 1140 g/mol. The SMILES string of the molecule is C(=[C-]c1ccccc1)=C(c1ccccc1)c1ccccc1.[C-]#[O+].[C-]#[O+].[C-]#[O+].[C-]#[O+].[C-]#[O+].[Ru+].[Ru].c1ccc(P(CCP(c2ccccc2)c2ccccc2)c2ccccc2)cc1.c1ccc(Pc2ccccc2)cc1. The summed E-state index contributed by atoms with van der Waals surface area (Å²) < 4.78 is 37.5. The van der Waals surface area contributed by atoms with Crippen LogP contribution in [0.25, 0.3) is 5.57 Å². The summed E-state index contributed by atoms with van der Waals surface area (Å²) in [5, 5.41) is 8.68. The van der Waals surface area contributed by atoms with Crippen molar-refractivity contribution in [3.05, 3.63) is 335 Å². The van der Waals surface area contributed by atoms with Gasteiger partial charge in [-0.15, -0.1) is 29.8 Å². The number of rotatable bonds is 12. The molecular formula is C64H50O5P3Ru2. The van der Waals surface area contributed by atoms with E-state index in [9.17, 15) is 0 Å². The third-order valence-electron chi connectivity index (χ3n) is 9.89. The average molecular weight is 1190 g/mol. The zero-order valence-electron chi connectivity index (χ0n) is 40.0. The molecule has 5 nitrogen and oxygen atoms in total. The van der Waals surface area contributed by atoms with Gasteiger partial charge in [-0.1, -0.05) is 275 Å². The van der Waals surface area contributed by atoms with Crippen LogP contribution >= 0.6 is 24.4 Å². The van der Waals surface area contributed by atoms with E-state index >= 15 is 0 Å². The first-order valence-corrected chi connectivity index (χ1v) is 26.0. The summed E-state index contributed by atoms with van der Waals surface area (Å²) in [6, 6.07) is 96.1. The van der Waals surface area contributed by atoms with Crippen molar-refractivity contribution in [1.82, 2.24) is 0 Å². The van der Waals surface area contributed by atoms with Gasteiger partial charge in [-0.2, -0.15) is 0 Å². The minimum atomic E-state index is -0.348. The van der Waals surface area contributed by atoms with Gasteiger partial charge in [-0.25, -0.2) is 5.73 Å². The van der Waals surface area contributed by atoms with Crippen LogP contribution in [0.15, 0.2) is 279 Å². The average Bonchev–Trinajstić information content (AvgIpc) is 3.49. The second-order valence-electron chi connectivity index (χ2n) is 14.2. The van der Waals surface area contributed by atoms with Gasteiger partial charge in [-0.3, -0.25) is 0 Å². The van der Waals surface area contributed by atoms with Crippen LogP contribution in [0.2, 0.25) is 0 Å². The predicted octanol–water partition coefficient (Wildman–Crippen LogP) is 12.5. The Morgan fingerprint density at radius 2 is 0.554 bits per heavy atom. The fourth-order valence-corrected chi connectivity index (χ4v) is 13.2. The van der Waals surface area contributed by atoms with Crippen LogP contribution in [-0.4, -0.2) is 12.3 Å². The Morgan fingerprint density at radius 3 is 0.811 bits per heavy atom. The molecule has 0 bridgehead atoms. The van der Waals surface area contributed by atoms with Gasteiger partial charge in [-0.05, 0) is 65.6 Å². The summed E-state index contributed by atoms with van der Waals surface area (Å²) in [5.74, 6) is 0. The molecule has 0 aliphatic rings. The number of hydrogen-bond acceptors (Lipinski definition) is 0. The summed E-state index contributed by atoms with van der Waals surface area (Å²) in [7, 11) is 0.0809. The molecule has 9 aromatic carbocycles. The number of hydrogen-bond donors (Lipinski definition) is 0. The van der Waals surface area contributed by atoms with Gasteiger partial charge in [0.1, 0.15) is 0 Å². The van der Waals surface area contributed by atoms with Crippen molar-refractivity contribution >= 4 is 61.8 Å². The van der Waals surface area contributed by atoms with Crippen molar-refractivity contribution < 1.29 is 62.2 Å². The molecule has 0 spiro atoms. The standard InChI is InChI=1S/C26H24P2.C21H15.C12H11P.5CO.2Ru/c1-5-13-23(14-6-1)27(24-15-7-2-8-16-24)21-22-28(25-17-9-3-10-18-25)26-19-11-4-12-20-26;1-4-10-18(11-5-1)16-17-21(19-12-6-2-7-13-19)20-14-8-3-9-15-20;1-3-7-11(8-4-1)13-12-9-5-2-6-10-12;5*1-2;;/h1-20H,21-22H2;1-15H;1-10,13H;;;;;;;/q;-1;;;;;;;;+1. The molecule has 0 N–H and O–H groups in total. The zero-order chi connectivity index (χ0) is 52.3. The molecule has 74 heavy (non-hydrogen) atoms. The summed E-state index contributed by atoms with van der Waals surface area (Å²) in [6.45, 7) is 22.5. The molecule has 0 saturated heterocycles. The summed E-state index contributed by atoms with van der Waals surface area (Å²) in [4.78, 5) is 0. The number of benzene rings is 9. The second-order valence-corrected chi connectivity index (χ2v) is 20.3. The Balaban J connectivity index is 0.00000103. The van der Waals surface area contributed by atoms with E-state index in [0.717, 1.165) is 30.8 Å². The molecule has 10 heteroatoms. The topological polar surface area (TPSA) is 99.5 Å². The van der Waals surface area contributed by atoms with Crippen LogP contribution < -0.4 is 31.8 Å². The summed E-state index contributed by atoms with van der Waals surface area (Å²) >= 11 is 0. The van der Waals surface area contributed by atoms with Crippen LogP contribution in [0.1, 0.15) is 16.7 Å². The first-order valence-electron chi connectivity index (χ1n) is 22.0. The van der Waals surface area contributed by atoms with Crippen molar-refractivity contribution in [2.75, 3.05) is 12.3 Å². The molecule has 0 unspecified atom stereocenters. The molecule has 0 heterocycles.